The molecule has 0 aliphatic heterocycles. The van der Waals surface area contributed by atoms with Crippen LogP contribution in [0, 0.1) is 0 Å². The third-order valence-electron chi connectivity index (χ3n) is 4.80. The summed E-state index contributed by atoms with van der Waals surface area (Å²) in [6.07, 6.45) is 5.21. The standard InChI is InChI=1S/C25H27NO4/c1-4-11-20(18-29-17-19-12-7-6-8-13-19)30-24(5-2)26-16-22(25(27)28-3)21-14-9-10-15-23(21)26/h4-10,12-16,20,24H,1-2,11,17-18H2,3H3/t20-,24-/m0/s1. The van der Waals surface area contributed by atoms with Crippen molar-refractivity contribution < 1.29 is 19.0 Å². The zero-order valence-electron chi connectivity index (χ0n) is 17.2. The lowest BCUT2D eigenvalue weighted by molar-refractivity contribution is -0.0666. The summed E-state index contributed by atoms with van der Waals surface area (Å²) in [4.78, 5) is 12.2. The number of para-hydroxylation sites is 1. The normalized spacial score (nSPS) is 13.0. The number of hydrogen-bond donors (Lipinski definition) is 0. The summed E-state index contributed by atoms with van der Waals surface area (Å²) in [5.74, 6) is -0.387. The van der Waals surface area contributed by atoms with Crippen LogP contribution in [0.2, 0.25) is 0 Å². The maximum absolute atomic E-state index is 12.2. The SMILES string of the molecule is C=CC[C@@H](COCc1ccccc1)O[C@@H](C=C)n1cc(C(=O)OC)c2ccccc21. The molecule has 0 N–H and O–H groups in total. The van der Waals surface area contributed by atoms with E-state index in [0.717, 1.165) is 16.5 Å². The lowest BCUT2D eigenvalue weighted by atomic mass is 10.2. The molecule has 0 amide bonds. The van der Waals surface area contributed by atoms with Crippen molar-refractivity contribution >= 4 is 16.9 Å². The van der Waals surface area contributed by atoms with Crippen LogP contribution in [0.25, 0.3) is 10.9 Å². The summed E-state index contributed by atoms with van der Waals surface area (Å²) in [5.41, 5.74) is 2.46. The quantitative estimate of drug-likeness (QED) is 0.321. The second kappa shape index (κ2) is 10.6. The van der Waals surface area contributed by atoms with Crippen LogP contribution in [-0.4, -0.2) is 30.4 Å². The average molecular weight is 405 g/mol. The molecule has 0 radical (unpaired) electrons. The van der Waals surface area contributed by atoms with Crippen LogP contribution >= 0.6 is 0 Å². The van der Waals surface area contributed by atoms with Gasteiger partial charge in [0, 0.05) is 11.6 Å². The molecule has 0 fully saturated rings. The zero-order valence-corrected chi connectivity index (χ0v) is 17.2. The zero-order chi connectivity index (χ0) is 21.3. The van der Waals surface area contributed by atoms with Crippen LogP contribution in [-0.2, 0) is 20.8 Å². The van der Waals surface area contributed by atoms with Crippen molar-refractivity contribution in [3.63, 3.8) is 0 Å². The number of esters is 1. The van der Waals surface area contributed by atoms with Crippen LogP contribution in [0.15, 0.2) is 86.1 Å². The second-order valence-corrected chi connectivity index (χ2v) is 6.87. The number of nitrogens with zero attached hydrogens (tertiary/aromatic N) is 1. The van der Waals surface area contributed by atoms with Gasteiger partial charge in [-0.2, -0.15) is 0 Å². The first kappa shape index (κ1) is 21.6. The molecule has 0 spiro atoms. The van der Waals surface area contributed by atoms with Gasteiger partial charge in [0.15, 0.2) is 6.23 Å². The van der Waals surface area contributed by atoms with Crippen LogP contribution in [0.3, 0.4) is 0 Å². The third kappa shape index (κ3) is 5.06. The van der Waals surface area contributed by atoms with Gasteiger partial charge in [0.25, 0.3) is 0 Å². The van der Waals surface area contributed by atoms with Crippen LogP contribution < -0.4 is 0 Å². The van der Waals surface area contributed by atoms with Crippen LogP contribution in [0.5, 0.6) is 0 Å². The molecule has 0 aliphatic rings. The van der Waals surface area contributed by atoms with E-state index in [1.807, 2.05) is 65.2 Å². The van der Waals surface area contributed by atoms with Crippen molar-refractivity contribution in [3.05, 3.63) is 97.2 Å². The molecule has 0 aliphatic carbocycles. The fraction of sp³-hybridized carbons (Fsp3) is 0.240. The van der Waals surface area contributed by atoms with Crippen molar-refractivity contribution in [1.82, 2.24) is 4.57 Å². The molecule has 30 heavy (non-hydrogen) atoms. The number of hydrogen-bond acceptors (Lipinski definition) is 4. The molecule has 3 rings (SSSR count). The van der Waals surface area contributed by atoms with E-state index in [-0.39, 0.29) is 12.1 Å². The highest BCUT2D eigenvalue weighted by Gasteiger charge is 2.21. The molecule has 0 unspecified atom stereocenters. The van der Waals surface area contributed by atoms with E-state index in [1.54, 1.807) is 12.3 Å². The molecule has 5 heteroatoms. The maximum atomic E-state index is 12.2. The highest BCUT2D eigenvalue weighted by atomic mass is 16.5. The fourth-order valence-electron chi connectivity index (χ4n) is 3.35. The number of aromatic nitrogens is 1. The molecule has 1 heterocycles. The Morgan fingerprint density at radius 2 is 1.83 bits per heavy atom. The van der Waals surface area contributed by atoms with Crippen molar-refractivity contribution in [2.75, 3.05) is 13.7 Å². The Morgan fingerprint density at radius 1 is 1.10 bits per heavy atom. The van der Waals surface area contributed by atoms with E-state index < -0.39 is 6.23 Å². The van der Waals surface area contributed by atoms with Crippen LogP contribution in [0.4, 0.5) is 0 Å². The summed E-state index contributed by atoms with van der Waals surface area (Å²) in [7, 11) is 1.38. The number of methoxy groups -OCH3 is 1. The van der Waals surface area contributed by atoms with E-state index in [9.17, 15) is 4.79 Å². The summed E-state index contributed by atoms with van der Waals surface area (Å²) in [5, 5.41) is 0.806. The van der Waals surface area contributed by atoms with Gasteiger partial charge in [-0.1, -0.05) is 61.2 Å². The topological polar surface area (TPSA) is 49.7 Å². The van der Waals surface area contributed by atoms with Gasteiger partial charge in [-0.15, -0.1) is 6.58 Å². The maximum Gasteiger partial charge on any atom is 0.340 e. The minimum atomic E-state index is -0.474. The molecule has 156 valence electrons. The summed E-state index contributed by atoms with van der Waals surface area (Å²) < 4.78 is 19.0. The Hall–Kier alpha value is -3.15. The van der Waals surface area contributed by atoms with E-state index >= 15 is 0 Å². The Labute approximate surface area is 177 Å². The van der Waals surface area contributed by atoms with Crippen molar-refractivity contribution in [3.8, 4) is 0 Å². The van der Waals surface area contributed by atoms with E-state index in [1.165, 1.54) is 7.11 Å². The van der Waals surface area contributed by atoms with E-state index in [4.69, 9.17) is 14.2 Å². The number of benzene rings is 2. The number of ether oxygens (including phenoxy) is 3. The lowest BCUT2D eigenvalue weighted by Gasteiger charge is -2.24. The molecular weight excluding hydrogens is 378 g/mol. The van der Waals surface area contributed by atoms with Gasteiger partial charge in [0.1, 0.15) is 0 Å². The Bertz CT molecular complexity index is 993. The van der Waals surface area contributed by atoms with Crippen molar-refractivity contribution in [2.24, 2.45) is 0 Å². The molecular formula is C25H27NO4. The van der Waals surface area contributed by atoms with Gasteiger partial charge in [-0.25, -0.2) is 4.79 Å². The van der Waals surface area contributed by atoms with Crippen molar-refractivity contribution in [1.29, 1.82) is 0 Å². The first-order chi connectivity index (χ1) is 14.7. The minimum Gasteiger partial charge on any atom is -0.465 e. The monoisotopic (exact) mass is 405 g/mol. The van der Waals surface area contributed by atoms with Gasteiger partial charge in [0.05, 0.1) is 37.5 Å². The summed E-state index contributed by atoms with van der Waals surface area (Å²) >= 11 is 0. The number of carbonyl (C=O) groups excluding carboxylic acids is 1. The Balaban J connectivity index is 1.77. The minimum absolute atomic E-state index is 0.211. The molecule has 1 aromatic heterocycles. The predicted octanol–water partition coefficient (Wildman–Crippen LogP) is 5.29. The van der Waals surface area contributed by atoms with Gasteiger partial charge in [-0.3, -0.25) is 0 Å². The highest BCUT2D eigenvalue weighted by Crippen LogP contribution is 2.27. The molecule has 0 saturated carbocycles. The smallest absolute Gasteiger partial charge is 0.340 e. The number of rotatable bonds is 11. The Kier molecular flexibility index (Phi) is 7.60. The number of carbonyl (C=O) groups is 1. The van der Waals surface area contributed by atoms with E-state index in [0.29, 0.717) is 25.2 Å². The molecule has 0 bridgehead atoms. The molecule has 2 atom stereocenters. The van der Waals surface area contributed by atoms with Gasteiger partial charge < -0.3 is 18.8 Å². The summed E-state index contributed by atoms with van der Waals surface area (Å²) in [6.45, 7) is 8.68. The lowest BCUT2D eigenvalue weighted by Crippen LogP contribution is -2.24. The molecule has 2 aromatic carbocycles. The van der Waals surface area contributed by atoms with Crippen LogP contribution in [0.1, 0.15) is 28.6 Å². The predicted molar refractivity (Wildman–Crippen MR) is 118 cm³/mol. The first-order valence-corrected chi connectivity index (χ1v) is 9.86. The number of fused-ring (bicyclic) bond motifs is 1. The van der Waals surface area contributed by atoms with Gasteiger partial charge in [0.2, 0.25) is 0 Å². The summed E-state index contributed by atoms with van der Waals surface area (Å²) in [6, 6.07) is 17.6. The van der Waals surface area contributed by atoms with Gasteiger partial charge >= 0.3 is 5.97 Å². The second-order valence-electron chi connectivity index (χ2n) is 6.87. The third-order valence-corrected chi connectivity index (χ3v) is 4.80. The molecule has 5 nitrogen and oxygen atoms in total. The fourth-order valence-corrected chi connectivity index (χ4v) is 3.35. The highest BCUT2D eigenvalue weighted by molar-refractivity contribution is 6.04. The van der Waals surface area contributed by atoms with E-state index in [2.05, 4.69) is 13.2 Å². The largest absolute Gasteiger partial charge is 0.465 e. The van der Waals surface area contributed by atoms with Gasteiger partial charge in [-0.05, 0) is 24.1 Å². The first-order valence-electron chi connectivity index (χ1n) is 9.86. The molecule has 0 saturated heterocycles. The molecule has 3 aromatic rings. The average Bonchev–Trinajstić information content (AvgIpc) is 3.17. The van der Waals surface area contributed by atoms with Crippen molar-refractivity contribution in [2.45, 2.75) is 25.4 Å². The Morgan fingerprint density at radius 3 is 2.53 bits per heavy atom.